The Labute approximate surface area is 155 Å². The van der Waals surface area contributed by atoms with E-state index in [0.717, 1.165) is 50.4 Å². The molecule has 0 unspecified atom stereocenters. The zero-order valence-electron chi connectivity index (χ0n) is 15.6. The molecule has 1 saturated heterocycles. The van der Waals surface area contributed by atoms with Gasteiger partial charge in [-0.1, -0.05) is 6.07 Å². The lowest BCUT2D eigenvalue weighted by atomic mass is 10.1. The summed E-state index contributed by atoms with van der Waals surface area (Å²) in [5, 5.41) is 3.58. The number of aromatic nitrogens is 3. The van der Waals surface area contributed by atoms with E-state index in [4.69, 9.17) is 10.5 Å². The summed E-state index contributed by atoms with van der Waals surface area (Å²) < 4.78 is 5.57. The minimum absolute atomic E-state index is 0.219. The van der Waals surface area contributed by atoms with Gasteiger partial charge < -0.3 is 20.7 Å². The Morgan fingerprint density at radius 1 is 1.31 bits per heavy atom. The number of ether oxygens (including phenoxy) is 1. The van der Waals surface area contributed by atoms with Gasteiger partial charge in [-0.25, -0.2) is 9.97 Å². The third-order valence-corrected chi connectivity index (χ3v) is 4.85. The standard InChI is InChI=1S/C19H28N6O/c1-14-5-6-15(10-22-14)4-3-7-21-11-16-8-17(26-2)12-25(16)19-9-18(20)23-13-24-19/h5-6,9-10,13,16-17,21H,3-4,7-8,11-12H2,1-2H3,(H2,20,23,24)/t16-,17-/m1/s1. The van der Waals surface area contributed by atoms with Gasteiger partial charge >= 0.3 is 0 Å². The molecular formula is C19H28N6O. The molecule has 7 heteroatoms. The van der Waals surface area contributed by atoms with Gasteiger partial charge in [-0.3, -0.25) is 4.98 Å². The molecule has 3 heterocycles. The largest absolute Gasteiger partial charge is 0.384 e. The summed E-state index contributed by atoms with van der Waals surface area (Å²) in [4.78, 5) is 15.0. The highest BCUT2D eigenvalue weighted by Gasteiger charge is 2.32. The summed E-state index contributed by atoms with van der Waals surface area (Å²) in [7, 11) is 1.77. The Kier molecular flexibility index (Phi) is 6.35. The Balaban J connectivity index is 1.48. The minimum Gasteiger partial charge on any atom is -0.384 e. The lowest BCUT2D eigenvalue weighted by Crippen LogP contribution is -2.39. The minimum atomic E-state index is 0.219. The number of pyridine rings is 1. The summed E-state index contributed by atoms with van der Waals surface area (Å²) in [6.07, 6.45) is 6.82. The molecule has 2 atom stereocenters. The van der Waals surface area contributed by atoms with Gasteiger partial charge in [0.15, 0.2) is 0 Å². The maximum absolute atomic E-state index is 5.81. The van der Waals surface area contributed by atoms with Crippen molar-refractivity contribution in [1.29, 1.82) is 0 Å². The van der Waals surface area contributed by atoms with Crippen LogP contribution in [0.15, 0.2) is 30.7 Å². The van der Waals surface area contributed by atoms with Crippen molar-refractivity contribution in [3.63, 3.8) is 0 Å². The van der Waals surface area contributed by atoms with Crippen molar-refractivity contribution >= 4 is 11.6 Å². The van der Waals surface area contributed by atoms with E-state index in [1.54, 1.807) is 7.11 Å². The van der Waals surface area contributed by atoms with Crippen molar-refractivity contribution in [3.8, 4) is 0 Å². The van der Waals surface area contributed by atoms with Crippen LogP contribution >= 0.6 is 0 Å². The number of aryl methyl sites for hydroxylation is 2. The fraction of sp³-hybridized carbons (Fsp3) is 0.526. The topological polar surface area (TPSA) is 89.2 Å². The van der Waals surface area contributed by atoms with Gasteiger partial charge in [-0.05, 0) is 44.4 Å². The second-order valence-electron chi connectivity index (χ2n) is 6.82. The van der Waals surface area contributed by atoms with Gasteiger partial charge in [0, 0.05) is 44.2 Å². The van der Waals surface area contributed by atoms with Crippen LogP contribution in [-0.4, -0.2) is 53.8 Å². The Morgan fingerprint density at radius 3 is 2.92 bits per heavy atom. The maximum atomic E-state index is 5.81. The van der Waals surface area contributed by atoms with Crippen molar-refractivity contribution in [2.45, 2.75) is 38.3 Å². The van der Waals surface area contributed by atoms with Gasteiger partial charge in [0.2, 0.25) is 0 Å². The van der Waals surface area contributed by atoms with Crippen LogP contribution in [0.25, 0.3) is 0 Å². The van der Waals surface area contributed by atoms with Crippen LogP contribution in [0.5, 0.6) is 0 Å². The first-order chi connectivity index (χ1) is 12.7. The quantitative estimate of drug-likeness (QED) is 0.694. The lowest BCUT2D eigenvalue weighted by molar-refractivity contribution is 0.118. The Morgan fingerprint density at radius 2 is 2.19 bits per heavy atom. The molecule has 2 aromatic heterocycles. The second kappa shape index (κ2) is 8.91. The first-order valence-corrected chi connectivity index (χ1v) is 9.15. The maximum Gasteiger partial charge on any atom is 0.134 e. The zero-order valence-corrected chi connectivity index (χ0v) is 15.6. The molecular weight excluding hydrogens is 328 g/mol. The number of rotatable bonds is 8. The molecule has 0 amide bonds. The molecule has 3 rings (SSSR count). The number of hydrogen-bond donors (Lipinski definition) is 2. The molecule has 0 saturated carbocycles. The monoisotopic (exact) mass is 356 g/mol. The summed E-state index contributed by atoms with van der Waals surface area (Å²) in [6, 6.07) is 6.40. The van der Waals surface area contributed by atoms with E-state index in [1.165, 1.54) is 11.9 Å². The van der Waals surface area contributed by atoms with Crippen LogP contribution < -0.4 is 16.0 Å². The number of nitrogens with two attached hydrogens (primary N) is 1. The van der Waals surface area contributed by atoms with Gasteiger partial charge in [0.1, 0.15) is 18.0 Å². The molecule has 2 aromatic rings. The number of nitrogen functional groups attached to an aromatic ring is 1. The highest BCUT2D eigenvalue weighted by atomic mass is 16.5. The van der Waals surface area contributed by atoms with Crippen molar-refractivity contribution in [2.24, 2.45) is 0 Å². The van der Waals surface area contributed by atoms with Crippen LogP contribution in [0.4, 0.5) is 11.6 Å². The van der Waals surface area contributed by atoms with Crippen LogP contribution in [0.3, 0.4) is 0 Å². The smallest absolute Gasteiger partial charge is 0.134 e. The van der Waals surface area contributed by atoms with Gasteiger partial charge in [-0.2, -0.15) is 0 Å². The van der Waals surface area contributed by atoms with E-state index in [1.807, 2.05) is 19.2 Å². The zero-order chi connectivity index (χ0) is 18.4. The number of nitrogens with zero attached hydrogens (tertiary/aromatic N) is 4. The van der Waals surface area contributed by atoms with E-state index in [-0.39, 0.29) is 6.10 Å². The van der Waals surface area contributed by atoms with E-state index in [9.17, 15) is 0 Å². The predicted molar refractivity (Wildman–Crippen MR) is 103 cm³/mol. The third kappa shape index (κ3) is 4.89. The molecule has 1 fully saturated rings. The molecule has 1 aliphatic heterocycles. The first kappa shape index (κ1) is 18.5. The fourth-order valence-corrected chi connectivity index (χ4v) is 3.37. The summed E-state index contributed by atoms with van der Waals surface area (Å²) in [6.45, 7) is 4.71. The number of methoxy groups -OCH3 is 1. The fourth-order valence-electron chi connectivity index (χ4n) is 3.37. The lowest BCUT2D eigenvalue weighted by Gasteiger charge is -2.25. The summed E-state index contributed by atoms with van der Waals surface area (Å²) in [5.41, 5.74) is 8.16. The first-order valence-electron chi connectivity index (χ1n) is 9.15. The highest BCUT2D eigenvalue weighted by molar-refractivity contribution is 5.48. The van der Waals surface area contributed by atoms with Gasteiger partial charge in [0.25, 0.3) is 0 Å². The van der Waals surface area contributed by atoms with Gasteiger partial charge in [0.05, 0.1) is 6.10 Å². The SMILES string of the molecule is CO[C@@H]1C[C@H](CNCCCc2ccc(C)nc2)N(c2cc(N)ncn2)C1. The van der Waals surface area contributed by atoms with E-state index in [2.05, 4.69) is 37.3 Å². The third-order valence-electron chi connectivity index (χ3n) is 4.85. The van der Waals surface area contributed by atoms with Crippen LogP contribution in [-0.2, 0) is 11.2 Å². The predicted octanol–water partition coefficient (Wildman–Crippen LogP) is 1.58. The molecule has 1 aliphatic rings. The van der Waals surface area contributed by atoms with Crippen LogP contribution in [0, 0.1) is 6.92 Å². The molecule has 0 aliphatic carbocycles. The normalized spacial score (nSPS) is 19.8. The van der Waals surface area contributed by atoms with E-state index in [0.29, 0.717) is 11.9 Å². The van der Waals surface area contributed by atoms with Crippen molar-refractivity contribution in [1.82, 2.24) is 20.3 Å². The highest BCUT2D eigenvalue weighted by Crippen LogP contribution is 2.25. The van der Waals surface area contributed by atoms with Crippen molar-refractivity contribution in [3.05, 3.63) is 42.0 Å². The number of hydrogen-bond acceptors (Lipinski definition) is 7. The van der Waals surface area contributed by atoms with Crippen molar-refractivity contribution < 1.29 is 4.74 Å². The molecule has 7 nitrogen and oxygen atoms in total. The second-order valence-corrected chi connectivity index (χ2v) is 6.82. The van der Waals surface area contributed by atoms with Gasteiger partial charge in [-0.15, -0.1) is 0 Å². The van der Waals surface area contributed by atoms with Crippen LogP contribution in [0.2, 0.25) is 0 Å². The Bertz CT molecular complexity index is 693. The molecule has 0 spiro atoms. The van der Waals surface area contributed by atoms with E-state index < -0.39 is 0 Å². The Hall–Kier alpha value is -2.25. The molecule has 0 bridgehead atoms. The molecule has 3 N–H and O–H groups in total. The molecule has 0 radical (unpaired) electrons. The number of nitrogens with one attached hydrogen (secondary N) is 1. The van der Waals surface area contributed by atoms with E-state index >= 15 is 0 Å². The van der Waals surface area contributed by atoms with Crippen LogP contribution in [0.1, 0.15) is 24.1 Å². The molecule has 0 aromatic carbocycles. The molecule has 140 valence electrons. The summed E-state index contributed by atoms with van der Waals surface area (Å²) in [5.74, 6) is 1.36. The molecule has 26 heavy (non-hydrogen) atoms. The average Bonchev–Trinajstić information content (AvgIpc) is 3.06. The summed E-state index contributed by atoms with van der Waals surface area (Å²) >= 11 is 0. The number of anilines is 2. The average molecular weight is 356 g/mol. The van der Waals surface area contributed by atoms with Crippen molar-refractivity contribution in [2.75, 3.05) is 37.4 Å².